The lowest BCUT2D eigenvalue weighted by Crippen LogP contribution is -2.49. The number of carbonyl (C=O) groups is 2. The molecule has 1 aromatic heterocycles. The van der Waals surface area contributed by atoms with Gasteiger partial charge in [0.2, 0.25) is 5.91 Å². The lowest BCUT2D eigenvalue weighted by atomic mass is 9.90. The van der Waals surface area contributed by atoms with Gasteiger partial charge in [-0.1, -0.05) is 39.0 Å². The zero-order valence-corrected chi connectivity index (χ0v) is 16.6. The highest BCUT2D eigenvalue weighted by atomic mass is 16.5. The van der Waals surface area contributed by atoms with E-state index in [-0.39, 0.29) is 29.8 Å². The summed E-state index contributed by atoms with van der Waals surface area (Å²) in [5.41, 5.74) is 6.64. The first-order chi connectivity index (χ1) is 13.2. The number of hydrogen-bond acceptors (Lipinski definition) is 4. The highest BCUT2D eigenvalue weighted by Gasteiger charge is 2.35. The standard InChI is InChI=1S/C21H28N4O3/c1-21(2,3)18-12-16(23-24-18)20(27)25-10-9-17(14(13-25)11-19(22)26)28-15-7-5-4-6-8-15/h4-8,12,14,17H,9-11,13H2,1-3H3,(H2,22,26)(H,23,24)/t14-,17-/m0/s1. The Balaban J connectivity index is 1.72. The number of primary amides is 1. The van der Waals surface area contributed by atoms with Crippen molar-refractivity contribution in [1.82, 2.24) is 15.1 Å². The van der Waals surface area contributed by atoms with Gasteiger partial charge in [-0.25, -0.2) is 0 Å². The van der Waals surface area contributed by atoms with Crippen LogP contribution >= 0.6 is 0 Å². The Bertz CT molecular complexity index is 826. The zero-order chi connectivity index (χ0) is 20.3. The number of nitrogens with zero attached hydrogens (tertiary/aromatic N) is 2. The summed E-state index contributed by atoms with van der Waals surface area (Å²) in [6, 6.07) is 11.3. The number of benzene rings is 1. The highest BCUT2D eigenvalue weighted by Crippen LogP contribution is 2.27. The number of carbonyl (C=O) groups excluding carboxylic acids is 2. The Morgan fingerprint density at radius 3 is 2.61 bits per heavy atom. The molecule has 0 bridgehead atoms. The largest absolute Gasteiger partial charge is 0.490 e. The Morgan fingerprint density at radius 1 is 1.29 bits per heavy atom. The molecule has 1 fully saturated rings. The maximum atomic E-state index is 12.9. The van der Waals surface area contributed by atoms with E-state index in [1.807, 2.05) is 30.3 Å². The predicted octanol–water partition coefficient (Wildman–Crippen LogP) is 2.49. The van der Waals surface area contributed by atoms with Crippen molar-refractivity contribution in [3.8, 4) is 5.75 Å². The van der Waals surface area contributed by atoms with Crippen LogP contribution < -0.4 is 10.5 Å². The molecule has 1 aromatic carbocycles. The van der Waals surface area contributed by atoms with Gasteiger partial charge in [0.1, 0.15) is 17.5 Å². The molecular formula is C21H28N4O3. The summed E-state index contributed by atoms with van der Waals surface area (Å²) in [4.78, 5) is 26.2. The number of H-pyrrole nitrogens is 1. The van der Waals surface area contributed by atoms with E-state index in [0.29, 0.717) is 25.2 Å². The molecule has 2 amide bonds. The third-order valence-corrected chi connectivity index (χ3v) is 5.05. The first kappa shape index (κ1) is 19.9. The number of hydrogen-bond donors (Lipinski definition) is 2. The Morgan fingerprint density at radius 2 is 2.00 bits per heavy atom. The number of nitrogens with one attached hydrogen (secondary N) is 1. The minimum Gasteiger partial charge on any atom is -0.490 e. The number of likely N-dealkylation sites (tertiary alicyclic amines) is 1. The van der Waals surface area contributed by atoms with Crippen molar-refractivity contribution in [3.63, 3.8) is 0 Å². The zero-order valence-electron chi connectivity index (χ0n) is 16.6. The molecule has 2 heterocycles. The topological polar surface area (TPSA) is 101 Å². The van der Waals surface area contributed by atoms with Gasteiger partial charge in [0.25, 0.3) is 5.91 Å². The quantitative estimate of drug-likeness (QED) is 0.827. The van der Waals surface area contributed by atoms with Crippen molar-refractivity contribution in [1.29, 1.82) is 0 Å². The maximum absolute atomic E-state index is 12.9. The van der Waals surface area contributed by atoms with E-state index < -0.39 is 5.91 Å². The summed E-state index contributed by atoms with van der Waals surface area (Å²) >= 11 is 0. The second-order valence-electron chi connectivity index (χ2n) is 8.36. The van der Waals surface area contributed by atoms with Gasteiger partial charge in [0.05, 0.1) is 0 Å². The molecule has 28 heavy (non-hydrogen) atoms. The minimum atomic E-state index is -0.393. The van der Waals surface area contributed by atoms with Crippen molar-refractivity contribution in [2.45, 2.75) is 45.1 Å². The number of para-hydroxylation sites is 1. The van der Waals surface area contributed by atoms with Crippen LogP contribution in [0.3, 0.4) is 0 Å². The van der Waals surface area contributed by atoms with Crippen LogP contribution in [0, 0.1) is 5.92 Å². The second-order valence-corrected chi connectivity index (χ2v) is 8.36. The van der Waals surface area contributed by atoms with Gasteiger partial charge in [-0.2, -0.15) is 5.10 Å². The van der Waals surface area contributed by atoms with E-state index in [0.717, 1.165) is 11.4 Å². The molecule has 7 nitrogen and oxygen atoms in total. The van der Waals surface area contributed by atoms with E-state index in [9.17, 15) is 9.59 Å². The van der Waals surface area contributed by atoms with Gasteiger partial charge >= 0.3 is 0 Å². The lowest BCUT2D eigenvalue weighted by Gasteiger charge is -2.38. The van der Waals surface area contributed by atoms with Gasteiger partial charge in [0, 0.05) is 43.0 Å². The summed E-state index contributed by atoms with van der Waals surface area (Å²) in [7, 11) is 0. The summed E-state index contributed by atoms with van der Waals surface area (Å²) < 4.78 is 6.08. The molecule has 1 saturated heterocycles. The molecular weight excluding hydrogens is 356 g/mol. The van der Waals surface area contributed by atoms with E-state index in [1.165, 1.54) is 0 Å². The minimum absolute atomic E-state index is 0.115. The molecule has 7 heteroatoms. The van der Waals surface area contributed by atoms with Crippen molar-refractivity contribution in [3.05, 3.63) is 47.8 Å². The fourth-order valence-corrected chi connectivity index (χ4v) is 3.46. The van der Waals surface area contributed by atoms with Crippen LogP contribution in [0.5, 0.6) is 5.75 Å². The van der Waals surface area contributed by atoms with Gasteiger partial charge < -0.3 is 15.4 Å². The monoisotopic (exact) mass is 384 g/mol. The summed E-state index contributed by atoms with van der Waals surface area (Å²) in [5.74, 6) is 0.0652. The molecule has 0 saturated carbocycles. The predicted molar refractivity (Wildman–Crippen MR) is 106 cm³/mol. The average molecular weight is 384 g/mol. The fourth-order valence-electron chi connectivity index (χ4n) is 3.46. The molecule has 0 unspecified atom stereocenters. The molecule has 2 atom stereocenters. The van der Waals surface area contributed by atoms with E-state index in [2.05, 4.69) is 31.0 Å². The lowest BCUT2D eigenvalue weighted by molar-refractivity contribution is -0.120. The number of aromatic amines is 1. The first-order valence-electron chi connectivity index (χ1n) is 9.59. The van der Waals surface area contributed by atoms with E-state index >= 15 is 0 Å². The van der Waals surface area contributed by atoms with Crippen LogP contribution in [0.2, 0.25) is 0 Å². The molecule has 0 aliphatic carbocycles. The number of nitrogens with two attached hydrogens (primary N) is 1. The molecule has 1 aliphatic heterocycles. The van der Waals surface area contributed by atoms with Crippen LogP contribution in [0.15, 0.2) is 36.4 Å². The van der Waals surface area contributed by atoms with Crippen molar-refractivity contribution in [2.75, 3.05) is 13.1 Å². The van der Waals surface area contributed by atoms with Crippen LogP contribution in [-0.2, 0) is 10.2 Å². The smallest absolute Gasteiger partial charge is 0.274 e. The number of aromatic nitrogens is 2. The Kier molecular flexibility index (Phi) is 5.72. The van der Waals surface area contributed by atoms with Crippen LogP contribution in [0.1, 0.15) is 49.8 Å². The molecule has 2 aromatic rings. The summed E-state index contributed by atoms with van der Waals surface area (Å²) in [6.07, 6.45) is 0.646. The molecule has 150 valence electrons. The summed E-state index contributed by atoms with van der Waals surface area (Å²) in [5, 5.41) is 7.15. The molecule has 1 aliphatic rings. The van der Waals surface area contributed by atoms with Gasteiger partial charge in [-0.05, 0) is 18.2 Å². The maximum Gasteiger partial charge on any atom is 0.274 e. The van der Waals surface area contributed by atoms with E-state index in [1.54, 1.807) is 11.0 Å². The number of rotatable bonds is 5. The van der Waals surface area contributed by atoms with E-state index in [4.69, 9.17) is 10.5 Å². The van der Waals surface area contributed by atoms with Gasteiger partial charge in [-0.3, -0.25) is 14.7 Å². The fraction of sp³-hybridized carbons (Fsp3) is 0.476. The number of piperidine rings is 1. The molecule has 0 spiro atoms. The number of ether oxygens (including phenoxy) is 1. The molecule has 3 N–H and O–H groups in total. The third kappa shape index (κ3) is 4.71. The van der Waals surface area contributed by atoms with Crippen LogP contribution in [0.25, 0.3) is 0 Å². The molecule has 3 rings (SSSR count). The first-order valence-corrected chi connectivity index (χ1v) is 9.59. The third-order valence-electron chi connectivity index (χ3n) is 5.05. The normalized spacial score (nSPS) is 20.0. The van der Waals surface area contributed by atoms with Crippen molar-refractivity contribution in [2.24, 2.45) is 11.7 Å². The average Bonchev–Trinajstić information content (AvgIpc) is 3.13. The van der Waals surface area contributed by atoms with Gasteiger partial charge in [-0.15, -0.1) is 0 Å². The Labute approximate surface area is 165 Å². The van der Waals surface area contributed by atoms with Crippen molar-refractivity contribution >= 4 is 11.8 Å². The van der Waals surface area contributed by atoms with Gasteiger partial charge in [0.15, 0.2) is 0 Å². The number of amides is 2. The Hall–Kier alpha value is -2.83. The van der Waals surface area contributed by atoms with Crippen molar-refractivity contribution < 1.29 is 14.3 Å². The second kappa shape index (κ2) is 8.04. The summed E-state index contributed by atoms with van der Waals surface area (Å²) in [6.45, 7) is 7.14. The SMILES string of the molecule is CC(C)(C)c1cc(C(=O)N2CC[C@H](Oc3ccccc3)[C@@H](CC(N)=O)C2)n[nH]1. The van der Waals surface area contributed by atoms with Crippen LogP contribution in [-0.4, -0.2) is 46.1 Å². The van der Waals surface area contributed by atoms with Crippen LogP contribution in [0.4, 0.5) is 0 Å². The highest BCUT2D eigenvalue weighted by molar-refractivity contribution is 5.92. The molecule has 0 radical (unpaired) electrons.